The maximum Gasteiger partial charge on any atom is 0.224 e. The molecule has 3 unspecified atom stereocenters. The van der Waals surface area contributed by atoms with E-state index in [1.165, 1.54) is 0 Å². The minimum Gasteiger partial charge on any atom is -0.337 e. The number of piperazine rings is 1. The largest absolute Gasteiger partial charge is 0.337 e. The van der Waals surface area contributed by atoms with E-state index in [0.717, 1.165) is 13.1 Å². The molecule has 82 valence electrons. The molecular weight excluding hydrogens is 178 g/mol. The van der Waals surface area contributed by atoms with Crippen molar-refractivity contribution >= 4 is 5.91 Å². The van der Waals surface area contributed by atoms with Gasteiger partial charge in [0.05, 0.1) is 0 Å². The van der Waals surface area contributed by atoms with Gasteiger partial charge in [-0.1, -0.05) is 0 Å². The molecule has 4 nitrogen and oxygen atoms in total. The average molecular weight is 199 g/mol. The molecule has 0 bridgehead atoms. The van der Waals surface area contributed by atoms with Crippen LogP contribution in [-0.4, -0.2) is 42.0 Å². The van der Waals surface area contributed by atoms with Crippen LogP contribution in [0, 0.1) is 0 Å². The highest BCUT2D eigenvalue weighted by molar-refractivity contribution is 5.77. The van der Waals surface area contributed by atoms with Crippen molar-refractivity contribution in [1.82, 2.24) is 10.2 Å². The Morgan fingerprint density at radius 1 is 1.64 bits per heavy atom. The molecule has 0 aromatic rings. The molecule has 0 aromatic heterocycles. The maximum atomic E-state index is 11.8. The Labute approximate surface area is 85.8 Å². The third-order valence-electron chi connectivity index (χ3n) is 2.85. The highest BCUT2D eigenvalue weighted by Gasteiger charge is 2.27. The van der Waals surface area contributed by atoms with Crippen LogP contribution in [0.25, 0.3) is 0 Å². The first-order chi connectivity index (χ1) is 6.52. The van der Waals surface area contributed by atoms with E-state index in [1.54, 1.807) is 0 Å². The fourth-order valence-corrected chi connectivity index (χ4v) is 1.80. The van der Waals surface area contributed by atoms with Crippen LogP contribution in [0.5, 0.6) is 0 Å². The van der Waals surface area contributed by atoms with E-state index >= 15 is 0 Å². The number of rotatable bonds is 2. The lowest BCUT2D eigenvalue weighted by Gasteiger charge is -2.39. The number of carbonyl (C=O) groups excluding carboxylic acids is 1. The summed E-state index contributed by atoms with van der Waals surface area (Å²) in [5.74, 6) is 0.181. The maximum absolute atomic E-state index is 11.8. The highest BCUT2D eigenvalue weighted by Crippen LogP contribution is 2.10. The summed E-state index contributed by atoms with van der Waals surface area (Å²) in [6.45, 7) is 7.74. The number of nitrogens with two attached hydrogens (primary N) is 1. The number of carbonyl (C=O) groups is 1. The monoisotopic (exact) mass is 199 g/mol. The zero-order valence-electron chi connectivity index (χ0n) is 9.29. The molecule has 1 amide bonds. The minimum absolute atomic E-state index is 0.0418. The van der Waals surface area contributed by atoms with Crippen molar-refractivity contribution in [2.45, 2.75) is 45.3 Å². The van der Waals surface area contributed by atoms with Crippen LogP contribution in [0.4, 0.5) is 0 Å². The lowest BCUT2D eigenvalue weighted by Crippen LogP contribution is -2.57. The summed E-state index contributed by atoms with van der Waals surface area (Å²) >= 11 is 0. The summed E-state index contributed by atoms with van der Waals surface area (Å²) in [6, 6.07) is 0.607. The van der Waals surface area contributed by atoms with Crippen LogP contribution in [0.1, 0.15) is 27.2 Å². The van der Waals surface area contributed by atoms with Gasteiger partial charge in [-0.25, -0.2) is 0 Å². The van der Waals surface area contributed by atoms with Crippen LogP contribution in [0.3, 0.4) is 0 Å². The van der Waals surface area contributed by atoms with Gasteiger partial charge in [-0.05, 0) is 20.8 Å². The quantitative estimate of drug-likeness (QED) is 0.654. The van der Waals surface area contributed by atoms with Crippen molar-refractivity contribution in [2.24, 2.45) is 5.73 Å². The Bertz CT molecular complexity index is 206. The summed E-state index contributed by atoms with van der Waals surface area (Å²) in [5.41, 5.74) is 5.62. The Morgan fingerprint density at radius 2 is 2.29 bits per heavy atom. The van der Waals surface area contributed by atoms with Crippen molar-refractivity contribution in [2.75, 3.05) is 13.1 Å². The fourth-order valence-electron chi connectivity index (χ4n) is 1.80. The molecule has 0 spiro atoms. The molecule has 1 rings (SSSR count). The molecule has 4 heteroatoms. The van der Waals surface area contributed by atoms with Gasteiger partial charge in [0.15, 0.2) is 0 Å². The molecule has 0 saturated carbocycles. The first kappa shape index (κ1) is 11.5. The van der Waals surface area contributed by atoms with Crippen LogP contribution in [0.2, 0.25) is 0 Å². The molecule has 3 N–H and O–H groups in total. The molecule has 3 atom stereocenters. The third kappa shape index (κ3) is 2.69. The van der Waals surface area contributed by atoms with E-state index in [9.17, 15) is 4.79 Å². The summed E-state index contributed by atoms with van der Waals surface area (Å²) < 4.78 is 0. The molecule has 1 heterocycles. The number of hydrogen-bond acceptors (Lipinski definition) is 3. The van der Waals surface area contributed by atoms with E-state index < -0.39 is 0 Å². The van der Waals surface area contributed by atoms with E-state index in [2.05, 4.69) is 19.2 Å². The molecule has 0 aliphatic carbocycles. The smallest absolute Gasteiger partial charge is 0.224 e. The second kappa shape index (κ2) is 4.75. The molecule has 0 radical (unpaired) electrons. The zero-order valence-corrected chi connectivity index (χ0v) is 9.29. The standard InChI is InChI=1S/C10H21N3O/c1-7(11)6-10(14)13-5-4-12-8(2)9(13)3/h7-9,12H,4-6,11H2,1-3H3. The second-order valence-electron chi connectivity index (χ2n) is 4.25. The molecule has 0 aromatic carbocycles. The van der Waals surface area contributed by atoms with Crippen LogP contribution in [0.15, 0.2) is 0 Å². The summed E-state index contributed by atoms with van der Waals surface area (Å²) in [5, 5.41) is 3.34. The van der Waals surface area contributed by atoms with Crippen LogP contribution in [-0.2, 0) is 4.79 Å². The van der Waals surface area contributed by atoms with Crippen LogP contribution < -0.4 is 11.1 Å². The normalized spacial score (nSPS) is 30.1. The molecule has 1 aliphatic heterocycles. The van der Waals surface area contributed by atoms with Gasteiger partial charge in [0.25, 0.3) is 0 Å². The molecular formula is C10H21N3O. The first-order valence-electron chi connectivity index (χ1n) is 5.30. The van der Waals surface area contributed by atoms with Gasteiger partial charge in [-0.2, -0.15) is 0 Å². The van der Waals surface area contributed by atoms with Gasteiger partial charge in [0.1, 0.15) is 0 Å². The molecule has 1 aliphatic rings. The molecule has 1 saturated heterocycles. The lowest BCUT2D eigenvalue weighted by atomic mass is 10.1. The Balaban J connectivity index is 2.53. The van der Waals surface area contributed by atoms with Gasteiger partial charge < -0.3 is 16.0 Å². The fraction of sp³-hybridized carbons (Fsp3) is 0.900. The van der Waals surface area contributed by atoms with Gasteiger partial charge >= 0.3 is 0 Å². The van der Waals surface area contributed by atoms with E-state index in [0.29, 0.717) is 12.5 Å². The first-order valence-corrected chi connectivity index (χ1v) is 5.30. The second-order valence-corrected chi connectivity index (χ2v) is 4.25. The Morgan fingerprint density at radius 3 is 2.86 bits per heavy atom. The number of hydrogen-bond donors (Lipinski definition) is 2. The van der Waals surface area contributed by atoms with E-state index in [-0.39, 0.29) is 18.0 Å². The average Bonchev–Trinajstić information content (AvgIpc) is 2.08. The van der Waals surface area contributed by atoms with Crippen LogP contribution >= 0.6 is 0 Å². The third-order valence-corrected chi connectivity index (χ3v) is 2.85. The van der Waals surface area contributed by atoms with Gasteiger partial charge in [-0.3, -0.25) is 4.79 Å². The Kier molecular flexibility index (Phi) is 3.89. The number of nitrogens with zero attached hydrogens (tertiary/aromatic N) is 1. The zero-order chi connectivity index (χ0) is 10.7. The summed E-state index contributed by atoms with van der Waals surface area (Å²) in [7, 11) is 0. The van der Waals surface area contributed by atoms with Crippen molar-refractivity contribution in [1.29, 1.82) is 0 Å². The van der Waals surface area contributed by atoms with Crippen molar-refractivity contribution in [3.63, 3.8) is 0 Å². The highest BCUT2D eigenvalue weighted by atomic mass is 16.2. The number of amides is 1. The molecule has 1 fully saturated rings. The SMILES string of the molecule is CC(N)CC(=O)N1CCNC(C)C1C. The van der Waals surface area contributed by atoms with E-state index in [1.807, 2.05) is 11.8 Å². The summed E-state index contributed by atoms with van der Waals surface area (Å²) in [4.78, 5) is 13.7. The van der Waals surface area contributed by atoms with Gasteiger partial charge in [0, 0.05) is 37.6 Å². The van der Waals surface area contributed by atoms with Crippen molar-refractivity contribution in [3.8, 4) is 0 Å². The van der Waals surface area contributed by atoms with Gasteiger partial charge in [-0.15, -0.1) is 0 Å². The molecule has 14 heavy (non-hydrogen) atoms. The summed E-state index contributed by atoms with van der Waals surface area (Å²) in [6.07, 6.45) is 0.455. The van der Waals surface area contributed by atoms with Gasteiger partial charge in [0.2, 0.25) is 5.91 Å². The predicted octanol–water partition coefficient (Wildman–Crippen LogP) is -0.0675. The van der Waals surface area contributed by atoms with Crippen molar-refractivity contribution < 1.29 is 4.79 Å². The Hall–Kier alpha value is -0.610. The minimum atomic E-state index is -0.0418. The lowest BCUT2D eigenvalue weighted by molar-refractivity contribution is -0.135. The van der Waals surface area contributed by atoms with Crippen molar-refractivity contribution in [3.05, 3.63) is 0 Å². The van der Waals surface area contributed by atoms with E-state index in [4.69, 9.17) is 5.73 Å². The predicted molar refractivity (Wildman–Crippen MR) is 56.9 cm³/mol. The topological polar surface area (TPSA) is 58.4 Å². The number of nitrogens with one attached hydrogen (secondary N) is 1.